The zero-order chi connectivity index (χ0) is 8.10. The summed E-state index contributed by atoms with van der Waals surface area (Å²) in [5.41, 5.74) is 3.59. The van der Waals surface area contributed by atoms with Crippen LogP contribution in [0.2, 0.25) is 0 Å². The number of aromatic nitrogens is 2. The smallest absolute Gasteiger partial charge is 0.280 e. The van der Waals surface area contributed by atoms with Crippen molar-refractivity contribution < 1.29 is 9.63 Å². The summed E-state index contributed by atoms with van der Waals surface area (Å²) in [6, 6.07) is -0.468. The summed E-state index contributed by atoms with van der Waals surface area (Å²) < 4.78 is 0. The van der Waals surface area contributed by atoms with Crippen LogP contribution in [-0.4, -0.2) is 23.3 Å². The number of nitrogens with one attached hydrogen (secondary N) is 2. The average Bonchev–Trinajstić information content (AvgIpc) is 2.40. The van der Waals surface area contributed by atoms with E-state index in [1.165, 1.54) is 24.0 Å². The second-order valence-corrected chi connectivity index (χ2v) is 2.34. The summed E-state index contributed by atoms with van der Waals surface area (Å²) in [6.45, 7) is 0. The molecule has 0 radical (unpaired) electrons. The fourth-order valence-corrected chi connectivity index (χ4v) is 0.883. The minimum absolute atomic E-state index is 0.430. The normalized spacial score (nSPS) is 9.18. The summed E-state index contributed by atoms with van der Waals surface area (Å²) in [6.07, 6.45) is 0. The number of rotatable bonds is 2. The predicted molar refractivity (Wildman–Crippen MR) is 39.1 cm³/mol. The molecule has 0 saturated heterocycles. The second kappa shape index (κ2) is 3.84. The molecule has 1 rings (SSSR count). The van der Waals surface area contributed by atoms with E-state index in [-0.39, 0.29) is 0 Å². The number of nitrogens with zero attached hydrogens (tertiary/aromatic N) is 2. The molecule has 0 fully saturated rings. The summed E-state index contributed by atoms with van der Waals surface area (Å²) in [5, 5.41) is 9.92. The first-order chi connectivity index (χ1) is 5.33. The van der Waals surface area contributed by atoms with E-state index < -0.39 is 6.03 Å². The van der Waals surface area contributed by atoms with E-state index in [1.807, 2.05) is 0 Å². The summed E-state index contributed by atoms with van der Waals surface area (Å²) in [4.78, 5) is 15.0. The molecule has 0 unspecified atom stereocenters. The Labute approximate surface area is 66.5 Å². The van der Waals surface area contributed by atoms with Crippen LogP contribution in [0.25, 0.3) is 0 Å². The van der Waals surface area contributed by atoms with E-state index in [0.29, 0.717) is 5.13 Å². The number of carbonyl (C=O) groups excluding carboxylic acids is 1. The second-order valence-electron chi connectivity index (χ2n) is 1.50. The van der Waals surface area contributed by atoms with Crippen LogP contribution in [0, 0.1) is 0 Å². The van der Waals surface area contributed by atoms with Crippen LogP contribution in [0.5, 0.6) is 0 Å². The molecule has 60 valence electrons. The third-order valence-corrected chi connectivity index (χ3v) is 1.38. The first-order valence-corrected chi connectivity index (χ1v) is 3.57. The molecule has 0 aromatic carbocycles. The zero-order valence-corrected chi connectivity index (χ0v) is 6.51. The first-order valence-electron chi connectivity index (χ1n) is 2.69. The van der Waals surface area contributed by atoms with Crippen LogP contribution in [-0.2, 0) is 4.84 Å². The number of hydrogen-bond donors (Lipinski definition) is 2. The molecular weight excluding hydrogens is 168 g/mol. The monoisotopic (exact) mass is 174 g/mol. The highest BCUT2D eigenvalue weighted by molar-refractivity contribution is 7.13. The molecule has 0 saturated carbocycles. The molecule has 0 atom stereocenters. The van der Waals surface area contributed by atoms with Crippen molar-refractivity contribution in [1.29, 1.82) is 0 Å². The predicted octanol–water partition coefficient (Wildman–Crippen LogP) is 0.221. The Morgan fingerprint density at radius 3 is 3.18 bits per heavy atom. The average molecular weight is 174 g/mol. The van der Waals surface area contributed by atoms with Crippen molar-refractivity contribution in [2.24, 2.45) is 0 Å². The van der Waals surface area contributed by atoms with Crippen LogP contribution in [0.1, 0.15) is 0 Å². The van der Waals surface area contributed by atoms with Gasteiger partial charge in [0.05, 0.1) is 7.11 Å². The van der Waals surface area contributed by atoms with Gasteiger partial charge >= 0.3 is 6.03 Å². The van der Waals surface area contributed by atoms with Gasteiger partial charge in [-0.05, 0) is 0 Å². The van der Waals surface area contributed by atoms with Gasteiger partial charge in [-0.2, -0.15) is 0 Å². The van der Waals surface area contributed by atoms with E-state index in [0.717, 1.165) is 0 Å². The molecule has 0 bridgehead atoms. The zero-order valence-electron chi connectivity index (χ0n) is 5.70. The third-order valence-electron chi connectivity index (χ3n) is 0.775. The lowest BCUT2D eigenvalue weighted by Crippen LogP contribution is -2.27. The number of carbonyl (C=O) groups is 1. The van der Waals surface area contributed by atoms with E-state index in [9.17, 15) is 4.79 Å². The van der Waals surface area contributed by atoms with Gasteiger partial charge in [-0.15, -0.1) is 10.2 Å². The molecule has 11 heavy (non-hydrogen) atoms. The van der Waals surface area contributed by atoms with Crippen molar-refractivity contribution in [3.8, 4) is 0 Å². The molecular formula is C4H6N4O2S. The number of hydrogen-bond acceptors (Lipinski definition) is 5. The SMILES string of the molecule is CONC(=O)Nc1nncs1. The van der Waals surface area contributed by atoms with Gasteiger partial charge in [0.1, 0.15) is 5.51 Å². The van der Waals surface area contributed by atoms with Crippen molar-refractivity contribution >= 4 is 22.5 Å². The maximum atomic E-state index is 10.7. The van der Waals surface area contributed by atoms with Crippen LogP contribution in [0.4, 0.5) is 9.93 Å². The minimum Gasteiger partial charge on any atom is -0.280 e. The molecule has 0 aliphatic rings. The summed E-state index contributed by atoms with van der Waals surface area (Å²) >= 11 is 1.23. The van der Waals surface area contributed by atoms with Gasteiger partial charge in [0, 0.05) is 0 Å². The van der Waals surface area contributed by atoms with Gasteiger partial charge < -0.3 is 0 Å². The maximum absolute atomic E-state index is 10.7. The van der Waals surface area contributed by atoms with Crippen molar-refractivity contribution in [3.63, 3.8) is 0 Å². The highest BCUT2D eigenvalue weighted by atomic mass is 32.1. The Morgan fingerprint density at radius 1 is 1.82 bits per heavy atom. The lowest BCUT2D eigenvalue weighted by Gasteiger charge is -1.99. The van der Waals surface area contributed by atoms with Crippen molar-refractivity contribution in [3.05, 3.63) is 5.51 Å². The number of amides is 2. The van der Waals surface area contributed by atoms with Crippen molar-refractivity contribution in [1.82, 2.24) is 15.7 Å². The van der Waals surface area contributed by atoms with Crippen LogP contribution < -0.4 is 10.8 Å². The maximum Gasteiger partial charge on any atom is 0.344 e. The molecule has 1 heterocycles. The molecule has 1 aromatic rings. The summed E-state index contributed by atoms with van der Waals surface area (Å²) in [7, 11) is 1.35. The molecule has 2 N–H and O–H groups in total. The molecule has 7 heteroatoms. The van der Waals surface area contributed by atoms with Crippen LogP contribution in [0.15, 0.2) is 5.51 Å². The van der Waals surface area contributed by atoms with E-state index >= 15 is 0 Å². The fraction of sp³-hybridized carbons (Fsp3) is 0.250. The highest BCUT2D eigenvalue weighted by Gasteiger charge is 2.01. The number of urea groups is 1. The van der Waals surface area contributed by atoms with Gasteiger partial charge in [0.25, 0.3) is 0 Å². The van der Waals surface area contributed by atoms with Gasteiger partial charge in [-0.25, -0.2) is 10.3 Å². The van der Waals surface area contributed by atoms with Crippen LogP contribution >= 0.6 is 11.3 Å². The van der Waals surface area contributed by atoms with Crippen molar-refractivity contribution in [2.75, 3.05) is 12.4 Å². The van der Waals surface area contributed by atoms with E-state index in [4.69, 9.17) is 0 Å². The minimum atomic E-state index is -0.468. The van der Waals surface area contributed by atoms with Gasteiger partial charge in [0.2, 0.25) is 5.13 Å². The van der Waals surface area contributed by atoms with Gasteiger partial charge in [-0.1, -0.05) is 11.3 Å². The highest BCUT2D eigenvalue weighted by Crippen LogP contribution is 2.06. The standard InChI is InChI=1S/C4H6N4O2S/c1-10-8-3(9)6-4-7-5-2-11-4/h2H,1H3,(H2,6,7,8,9). The lowest BCUT2D eigenvalue weighted by atomic mass is 11.0. The topological polar surface area (TPSA) is 76.1 Å². The van der Waals surface area contributed by atoms with Crippen molar-refractivity contribution in [2.45, 2.75) is 0 Å². The third kappa shape index (κ3) is 2.48. The fourth-order valence-electron chi connectivity index (χ4n) is 0.443. The Balaban J connectivity index is 2.37. The lowest BCUT2D eigenvalue weighted by molar-refractivity contribution is 0.114. The Kier molecular flexibility index (Phi) is 2.75. The molecule has 0 spiro atoms. The molecule has 6 nitrogen and oxygen atoms in total. The quantitative estimate of drug-likeness (QED) is 0.629. The Bertz CT molecular complexity index is 224. The number of hydroxylamine groups is 1. The van der Waals surface area contributed by atoms with Gasteiger partial charge in [0.15, 0.2) is 0 Å². The largest absolute Gasteiger partial charge is 0.344 e. The Hall–Kier alpha value is -1.21. The first kappa shape index (κ1) is 7.89. The van der Waals surface area contributed by atoms with Gasteiger partial charge in [-0.3, -0.25) is 10.2 Å². The Morgan fingerprint density at radius 2 is 2.64 bits per heavy atom. The molecule has 0 aliphatic heterocycles. The van der Waals surface area contributed by atoms with E-state index in [2.05, 4.69) is 25.8 Å². The van der Waals surface area contributed by atoms with E-state index in [1.54, 1.807) is 0 Å². The number of anilines is 1. The molecule has 1 aromatic heterocycles. The molecule has 2 amide bonds. The summed E-state index contributed by atoms with van der Waals surface area (Å²) in [5.74, 6) is 0. The van der Waals surface area contributed by atoms with Crippen LogP contribution in [0.3, 0.4) is 0 Å². The molecule has 0 aliphatic carbocycles.